The third-order valence-corrected chi connectivity index (χ3v) is 14.3. The zero-order valence-electron chi connectivity index (χ0n) is 35.4. The molecular weight excluding hydrogens is 860 g/mol. The molecule has 18 heteroatoms. The summed E-state index contributed by atoms with van der Waals surface area (Å²) in [5.74, 6) is -0.528. The Morgan fingerprint density at radius 2 is 1.81 bits per heavy atom. The average Bonchev–Trinajstić information content (AvgIpc) is 3.93. The van der Waals surface area contributed by atoms with Crippen LogP contribution in [0.4, 0.5) is 11.4 Å². The summed E-state index contributed by atoms with van der Waals surface area (Å²) in [5, 5.41) is 18.2. The van der Waals surface area contributed by atoms with Crippen molar-refractivity contribution < 1.29 is 32.3 Å². The number of hydrogen-bond donors (Lipinski definition) is 2. The molecule has 64 heavy (non-hydrogen) atoms. The minimum absolute atomic E-state index is 0.0587. The number of rotatable bonds is 16. The van der Waals surface area contributed by atoms with Crippen molar-refractivity contribution >= 4 is 66.4 Å². The minimum Gasteiger partial charge on any atom is -0.455 e. The van der Waals surface area contributed by atoms with Crippen molar-refractivity contribution in [3.05, 3.63) is 117 Å². The molecule has 2 fully saturated rings. The standard InChI is InChI=1S/C46H49ClN8O8S/c1-61-21-22-62-20-19-54-30-40-41(50-54)25-37(26-42(40)55(57)58)64(59,60)51-45(56)38-8-7-35(24-43(38)63-36-23-32-10-14-48-44(32)49-28-36)53-17-15-52(16-18-53)29-33-9-13-46(11-2-12-46)27-39(33)31-3-5-34(47)6-4-31/h3-8,10,14,23-26,28,30H,2,9,11-13,15-22,27,29H2,1H3,(H,48,49)(H,51,56). The number of amides is 1. The molecule has 16 nitrogen and oxygen atoms in total. The predicted molar refractivity (Wildman–Crippen MR) is 244 cm³/mol. The van der Waals surface area contributed by atoms with Gasteiger partial charge in [-0.15, -0.1) is 0 Å². The van der Waals surface area contributed by atoms with Gasteiger partial charge in [0.1, 0.15) is 22.7 Å². The van der Waals surface area contributed by atoms with Gasteiger partial charge in [-0.05, 0) is 91.1 Å². The summed E-state index contributed by atoms with van der Waals surface area (Å²) in [5.41, 5.74) is 5.68. The molecule has 0 unspecified atom stereocenters. The number of anilines is 1. The lowest BCUT2D eigenvalue weighted by atomic mass is 9.59. The molecule has 4 heterocycles. The second-order valence-electron chi connectivity index (χ2n) is 16.8. The van der Waals surface area contributed by atoms with Crippen LogP contribution in [0, 0.1) is 15.5 Å². The third-order valence-electron chi connectivity index (χ3n) is 12.8. The van der Waals surface area contributed by atoms with Gasteiger partial charge in [0, 0.05) is 80.5 Å². The maximum absolute atomic E-state index is 14.0. The Labute approximate surface area is 375 Å². The molecule has 3 aromatic heterocycles. The fourth-order valence-corrected chi connectivity index (χ4v) is 10.2. The lowest BCUT2D eigenvalue weighted by molar-refractivity contribution is -0.383. The molecule has 2 N–H and O–H groups in total. The van der Waals surface area contributed by atoms with Crippen LogP contribution in [-0.2, 0) is 26.0 Å². The van der Waals surface area contributed by atoms with E-state index in [1.807, 2.05) is 18.2 Å². The van der Waals surface area contributed by atoms with Crippen molar-refractivity contribution in [1.29, 1.82) is 0 Å². The van der Waals surface area contributed by atoms with Crippen LogP contribution in [0.15, 0.2) is 95.8 Å². The highest BCUT2D eigenvalue weighted by Gasteiger charge is 2.41. The number of halogens is 1. The SMILES string of the molecule is COCCOCCn1cc2c([N+](=O)[O-])cc(S(=O)(=O)NC(=O)c3ccc(N4CCN(CC5=C(c6ccc(Cl)cc6)CC6(CCC6)CC5)CC4)cc3Oc3cnc4[nH]ccc4c3)cc2n1. The van der Waals surface area contributed by atoms with E-state index in [0.717, 1.165) is 67.7 Å². The van der Waals surface area contributed by atoms with Gasteiger partial charge in [-0.25, -0.2) is 18.1 Å². The highest BCUT2D eigenvalue weighted by Crippen LogP contribution is 2.55. The Morgan fingerprint density at radius 1 is 1.00 bits per heavy atom. The Kier molecular flexibility index (Phi) is 12.4. The molecule has 0 radical (unpaired) electrons. The first-order chi connectivity index (χ1) is 31.0. The number of sulfonamides is 1. The van der Waals surface area contributed by atoms with Crippen LogP contribution in [0.5, 0.6) is 11.5 Å². The number of nitro benzene ring substituents is 1. The van der Waals surface area contributed by atoms with Gasteiger partial charge in [0.2, 0.25) is 0 Å². The van der Waals surface area contributed by atoms with Crippen LogP contribution in [0.1, 0.15) is 54.4 Å². The van der Waals surface area contributed by atoms with E-state index in [9.17, 15) is 23.3 Å². The van der Waals surface area contributed by atoms with E-state index < -0.39 is 31.4 Å². The smallest absolute Gasteiger partial charge is 0.281 e. The molecule has 3 aromatic carbocycles. The molecule has 1 saturated carbocycles. The number of aromatic amines is 1. The molecule has 0 bridgehead atoms. The quantitative estimate of drug-likeness (QED) is 0.0543. The van der Waals surface area contributed by atoms with Gasteiger partial charge in [-0.3, -0.25) is 24.5 Å². The van der Waals surface area contributed by atoms with Crippen LogP contribution in [-0.4, -0.2) is 104 Å². The number of nitrogens with one attached hydrogen (secondary N) is 2. The number of allylic oxidation sites excluding steroid dienone is 1. The monoisotopic (exact) mass is 908 g/mol. The van der Waals surface area contributed by atoms with E-state index in [4.69, 9.17) is 25.8 Å². The summed E-state index contributed by atoms with van der Waals surface area (Å²) in [6, 6.07) is 19.1. The fourth-order valence-electron chi connectivity index (χ4n) is 9.10. The molecule has 1 saturated heterocycles. The fraction of sp³-hybridized carbons (Fsp3) is 0.370. The van der Waals surface area contributed by atoms with E-state index in [0.29, 0.717) is 30.0 Å². The summed E-state index contributed by atoms with van der Waals surface area (Å²) >= 11 is 6.28. The van der Waals surface area contributed by atoms with Gasteiger partial charge in [0.15, 0.2) is 0 Å². The van der Waals surface area contributed by atoms with E-state index in [2.05, 4.69) is 41.7 Å². The van der Waals surface area contributed by atoms with Crippen LogP contribution in [0.3, 0.4) is 0 Å². The number of benzene rings is 3. The molecule has 334 valence electrons. The number of H-pyrrole nitrogens is 1. The topological polar surface area (TPSA) is 187 Å². The predicted octanol–water partition coefficient (Wildman–Crippen LogP) is 7.98. The van der Waals surface area contributed by atoms with Gasteiger partial charge in [-0.1, -0.05) is 35.7 Å². The van der Waals surface area contributed by atoms with E-state index in [1.165, 1.54) is 71.6 Å². The number of nitro groups is 1. The maximum atomic E-state index is 14.0. The zero-order chi connectivity index (χ0) is 44.4. The lowest BCUT2D eigenvalue weighted by Crippen LogP contribution is -2.47. The number of hydrogen-bond acceptors (Lipinski definition) is 12. The number of pyridine rings is 1. The molecule has 1 spiro atoms. The number of ether oxygens (including phenoxy) is 3. The minimum atomic E-state index is -4.65. The second-order valence-corrected chi connectivity index (χ2v) is 18.9. The largest absolute Gasteiger partial charge is 0.455 e. The molecule has 2 aliphatic carbocycles. The Morgan fingerprint density at radius 3 is 2.56 bits per heavy atom. The van der Waals surface area contributed by atoms with Crippen molar-refractivity contribution in [3.8, 4) is 11.5 Å². The zero-order valence-corrected chi connectivity index (χ0v) is 37.0. The summed E-state index contributed by atoms with van der Waals surface area (Å²) in [6.07, 6.45) is 12.1. The van der Waals surface area contributed by atoms with E-state index in [-0.39, 0.29) is 35.4 Å². The van der Waals surface area contributed by atoms with E-state index in [1.54, 1.807) is 31.5 Å². The number of fused-ring (bicyclic) bond motifs is 2. The highest BCUT2D eigenvalue weighted by molar-refractivity contribution is 7.90. The van der Waals surface area contributed by atoms with Crippen LogP contribution in [0.2, 0.25) is 5.02 Å². The number of carbonyl (C=O) groups excluding carboxylic acids is 1. The maximum Gasteiger partial charge on any atom is 0.281 e. The first-order valence-corrected chi connectivity index (χ1v) is 23.3. The average molecular weight is 909 g/mol. The summed E-state index contributed by atoms with van der Waals surface area (Å²) in [6.45, 7) is 5.28. The first-order valence-electron chi connectivity index (χ1n) is 21.4. The Hall–Kier alpha value is -5.85. The van der Waals surface area contributed by atoms with Crippen molar-refractivity contribution in [2.45, 2.75) is 50.0 Å². The summed E-state index contributed by atoms with van der Waals surface area (Å²) in [4.78, 5) is 37.2. The van der Waals surface area contributed by atoms with Crippen LogP contribution in [0.25, 0.3) is 27.5 Å². The van der Waals surface area contributed by atoms with Crippen molar-refractivity contribution in [1.82, 2.24) is 29.4 Å². The lowest BCUT2D eigenvalue weighted by Gasteiger charge is -2.47. The highest BCUT2D eigenvalue weighted by atomic mass is 35.5. The summed E-state index contributed by atoms with van der Waals surface area (Å²) < 4.78 is 48.1. The first kappa shape index (κ1) is 43.4. The number of non-ortho nitro benzene ring substituents is 1. The molecule has 9 rings (SSSR count). The van der Waals surface area contributed by atoms with Crippen LogP contribution < -0.4 is 14.4 Å². The number of methoxy groups -OCH3 is 1. The molecule has 3 aliphatic rings. The normalized spacial score (nSPS) is 16.7. The number of aromatic nitrogens is 4. The Bertz CT molecular complexity index is 2850. The second kappa shape index (κ2) is 18.3. The van der Waals surface area contributed by atoms with Crippen molar-refractivity contribution in [2.75, 3.05) is 64.6 Å². The van der Waals surface area contributed by atoms with Gasteiger partial charge >= 0.3 is 0 Å². The van der Waals surface area contributed by atoms with Gasteiger partial charge in [0.25, 0.3) is 21.6 Å². The number of piperazine rings is 1. The molecule has 0 atom stereocenters. The van der Waals surface area contributed by atoms with Crippen molar-refractivity contribution in [3.63, 3.8) is 0 Å². The number of nitrogens with zero attached hydrogens (tertiary/aromatic N) is 6. The summed E-state index contributed by atoms with van der Waals surface area (Å²) in [7, 11) is -3.09. The van der Waals surface area contributed by atoms with Crippen LogP contribution >= 0.6 is 11.6 Å². The van der Waals surface area contributed by atoms with Gasteiger partial charge in [-0.2, -0.15) is 5.10 Å². The van der Waals surface area contributed by atoms with Gasteiger partial charge in [0.05, 0.1) is 53.3 Å². The van der Waals surface area contributed by atoms with Gasteiger partial charge < -0.3 is 24.1 Å². The van der Waals surface area contributed by atoms with Crippen molar-refractivity contribution in [2.24, 2.45) is 5.41 Å². The molecule has 1 aliphatic heterocycles. The molecular formula is C46H49ClN8O8S. The molecule has 1 amide bonds. The van der Waals surface area contributed by atoms with E-state index >= 15 is 0 Å². The third kappa shape index (κ3) is 9.35. The Balaban J connectivity index is 0.942. The number of carbonyl (C=O) groups is 1. The molecule has 6 aromatic rings.